The molecule has 0 atom stereocenters. The Morgan fingerprint density at radius 2 is 1.67 bits per heavy atom. The van der Waals surface area contributed by atoms with Gasteiger partial charge in [-0.2, -0.15) is 0 Å². The van der Waals surface area contributed by atoms with Gasteiger partial charge in [-0.1, -0.05) is 65.8 Å². The molecule has 0 aromatic carbocycles. The van der Waals surface area contributed by atoms with Crippen LogP contribution in [-0.4, -0.2) is 24.7 Å². The van der Waals surface area contributed by atoms with Gasteiger partial charge in [-0.05, 0) is 12.0 Å². The summed E-state index contributed by atoms with van der Waals surface area (Å²) in [5.41, 5.74) is 0.795. The van der Waals surface area contributed by atoms with Gasteiger partial charge in [0.1, 0.15) is 0 Å². The first-order valence-corrected chi connectivity index (χ1v) is 5.94. The molecular formula is C9H12Cl4O2. The Balaban J connectivity index is 3.22. The van der Waals surface area contributed by atoms with Crippen LogP contribution in [0.25, 0.3) is 0 Å². The summed E-state index contributed by atoms with van der Waals surface area (Å²) >= 11 is 23.3. The van der Waals surface area contributed by atoms with Crippen molar-refractivity contribution in [3.8, 4) is 0 Å². The highest BCUT2D eigenvalue weighted by Crippen LogP contribution is 2.53. The van der Waals surface area contributed by atoms with E-state index in [0.29, 0.717) is 0 Å². The van der Waals surface area contributed by atoms with Gasteiger partial charge in [-0.25, -0.2) is 0 Å². The molecule has 0 fully saturated rings. The van der Waals surface area contributed by atoms with Crippen LogP contribution < -0.4 is 0 Å². The zero-order valence-electron chi connectivity index (χ0n) is 8.27. The lowest BCUT2D eigenvalue weighted by Crippen LogP contribution is -2.60. The second-order valence-corrected chi connectivity index (χ2v) is 6.92. The third kappa shape index (κ3) is 2.26. The average Bonchev–Trinajstić information content (AvgIpc) is 1.99. The molecule has 1 aliphatic rings. The van der Waals surface area contributed by atoms with Crippen LogP contribution in [0.3, 0.4) is 0 Å². The minimum Gasteiger partial charge on any atom is -0.361 e. The van der Waals surface area contributed by atoms with Gasteiger partial charge < -0.3 is 10.2 Å². The largest absolute Gasteiger partial charge is 0.361 e. The van der Waals surface area contributed by atoms with Crippen molar-refractivity contribution in [1.82, 2.24) is 0 Å². The topological polar surface area (TPSA) is 40.5 Å². The van der Waals surface area contributed by atoms with Crippen molar-refractivity contribution in [2.75, 3.05) is 0 Å². The smallest absolute Gasteiger partial charge is 0.235 e. The van der Waals surface area contributed by atoms with E-state index in [1.165, 1.54) is 6.08 Å². The van der Waals surface area contributed by atoms with Gasteiger partial charge in [0.2, 0.25) is 5.79 Å². The van der Waals surface area contributed by atoms with Crippen molar-refractivity contribution in [1.29, 1.82) is 0 Å². The highest BCUT2D eigenvalue weighted by Gasteiger charge is 2.62. The summed E-state index contributed by atoms with van der Waals surface area (Å²) in [4.78, 5) is 0. The summed E-state index contributed by atoms with van der Waals surface area (Å²) in [6.07, 6.45) is 1.51. The van der Waals surface area contributed by atoms with Crippen LogP contribution in [0, 0.1) is 5.92 Å². The fraction of sp³-hybridized carbons (Fsp3) is 0.778. The van der Waals surface area contributed by atoms with Crippen LogP contribution in [0.2, 0.25) is 0 Å². The van der Waals surface area contributed by atoms with E-state index in [0.717, 1.165) is 5.57 Å². The number of alkyl halides is 4. The van der Waals surface area contributed by atoms with Crippen molar-refractivity contribution in [2.24, 2.45) is 5.92 Å². The highest BCUT2D eigenvalue weighted by atomic mass is 35.5. The number of allylic oxidation sites excluding steroid dienone is 1. The van der Waals surface area contributed by atoms with Crippen molar-refractivity contribution in [3.05, 3.63) is 11.6 Å². The van der Waals surface area contributed by atoms with E-state index in [4.69, 9.17) is 46.4 Å². The molecule has 0 spiro atoms. The lowest BCUT2D eigenvalue weighted by Gasteiger charge is -2.45. The zero-order valence-corrected chi connectivity index (χ0v) is 11.3. The number of hydrogen-bond donors (Lipinski definition) is 2. The Morgan fingerprint density at radius 1 is 1.20 bits per heavy atom. The lowest BCUT2D eigenvalue weighted by atomic mass is 9.86. The van der Waals surface area contributed by atoms with Gasteiger partial charge in [0.15, 0.2) is 8.67 Å². The number of halogens is 4. The van der Waals surface area contributed by atoms with Crippen LogP contribution >= 0.6 is 46.4 Å². The molecule has 1 rings (SSSR count). The van der Waals surface area contributed by atoms with E-state index in [-0.39, 0.29) is 12.3 Å². The van der Waals surface area contributed by atoms with Gasteiger partial charge in [-0.15, -0.1) is 0 Å². The van der Waals surface area contributed by atoms with Gasteiger partial charge in [0.05, 0.1) is 0 Å². The second kappa shape index (κ2) is 3.94. The zero-order chi connectivity index (χ0) is 12.1. The molecule has 2 nitrogen and oxygen atoms in total. The van der Waals surface area contributed by atoms with Crippen molar-refractivity contribution in [2.45, 2.75) is 34.7 Å². The van der Waals surface area contributed by atoms with Gasteiger partial charge in [0.25, 0.3) is 0 Å². The molecule has 0 radical (unpaired) electrons. The number of aliphatic hydroxyl groups is 2. The molecule has 0 aromatic heterocycles. The average molecular weight is 294 g/mol. The fourth-order valence-electron chi connectivity index (χ4n) is 1.38. The SMILES string of the molecule is CC(C)C1=CC(Cl)(Cl)C(O)(O)C(Cl)(Cl)C1. The minimum atomic E-state index is -2.58. The molecule has 0 saturated heterocycles. The number of hydrogen-bond acceptors (Lipinski definition) is 2. The summed E-state index contributed by atoms with van der Waals surface area (Å²) in [5, 5.41) is 19.4. The summed E-state index contributed by atoms with van der Waals surface area (Å²) in [5.74, 6) is -2.44. The van der Waals surface area contributed by atoms with Crippen LogP contribution in [0.15, 0.2) is 11.6 Å². The lowest BCUT2D eigenvalue weighted by molar-refractivity contribution is -0.176. The van der Waals surface area contributed by atoms with Crippen LogP contribution in [-0.2, 0) is 0 Å². The van der Waals surface area contributed by atoms with Crippen LogP contribution in [0.5, 0.6) is 0 Å². The molecule has 0 amide bonds. The molecule has 88 valence electrons. The normalized spacial score (nSPS) is 27.7. The molecular weight excluding hydrogens is 282 g/mol. The minimum absolute atomic E-state index is 0.113. The molecule has 0 aliphatic heterocycles. The quantitative estimate of drug-likeness (QED) is 0.443. The summed E-state index contributed by atoms with van der Waals surface area (Å²) in [6.45, 7) is 3.84. The van der Waals surface area contributed by atoms with E-state index in [2.05, 4.69) is 0 Å². The van der Waals surface area contributed by atoms with Crippen molar-refractivity contribution < 1.29 is 10.2 Å². The van der Waals surface area contributed by atoms with E-state index < -0.39 is 14.5 Å². The molecule has 0 unspecified atom stereocenters. The Hall–Kier alpha value is 0.820. The summed E-state index contributed by atoms with van der Waals surface area (Å²) in [6, 6.07) is 0. The Bertz CT molecular complexity index is 294. The molecule has 0 saturated carbocycles. The first kappa shape index (κ1) is 13.9. The van der Waals surface area contributed by atoms with Crippen LogP contribution in [0.1, 0.15) is 20.3 Å². The van der Waals surface area contributed by atoms with Gasteiger partial charge in [0, 0.05) is 6.42 Å². The standard InChI is InChI=1S/C9H12Cl4O2/c1-5(2)6-3-7(10,11)9(14,15)8(12,13)4-6/h3,5,14-15H,4H2,1-2H3. The maximum absolute atomic E-state index is 9.71. The Kier molecular flexibility index (Phi) is 3.64. The predicted octanol–water partition coefficient (Wildman–Crippen LogP) is 3.00. The third-order valence-corrected chi connectivity index (χ3v) is 4.05. The summed E-state index contributed by atoms with van der Waals surface area (Å²) in [7, 11) is 0. The first-order chi connectivity index (χ1) is 6.51. The molecule has 0 aromatic rings. The fourth-order valence-corrected chi connectivity index (χ4v) is 2.78. The van der Waals surface area contributed by atoms with Gasteiger partial charge in [-0.3, -0.25) is 0 Å². The van der Waals surface area contributed by atoms with Crippen molar-refractivity contribution in [3.63, 3.8) is 0 Å². The predicted molar refractivity (Wildman–Crippen MR) is 63.6 cm³/mol. The molecule has 0 bridgehead atoms. The Labute approximate surface area is 109 Å². The maximum atomic E-state index is 9.71. The third-order valence-electron chi connectivity index (χ3n) is 2.51. The molecule has 15 heavy (non-hydrogen) atoms. The molecule has 1 aliphatic carbocycles. The second-order valence-electron chi connectivity index (χ2n) is 4.05. The van der Waals surface area contributed by atoms with Gasteiger partial charge >= 0.3 is 0 Å². The molecule has 2 N–H and O–H groups in total. The van der Waals surface area contributed by atoms with E-state index >= 15 is 0 Å². The highest BCUT2D eigenvalue weighted by molar-refractivity contribution is 6.55. The monoisotopic (exact) mass is 292 g/mol. The van der Waals surface area contributed by atoms with E-state index in [1.807, 2.05) is 13.8 Å². The number of rotatable bonds is 1. The maximum Gasteiger partial charge on any atom is 0.235 e. The Morgan fingerprint density at radius 3 is 2.00 bits per heavy atom. The molecule has 6 heteroatoms. The first-order valence-electron chi connectivity index (χ1n) is 4.43. The summed E-state index contributed by atoms with van der Waals surface area (Å²) < 4.78 is -3.72. The van der Waals surface area contributed by atoms with Crippen LogP contribution in [0.4, 0.5) is 0 Å². The molecule has 0 heterocycles. The van der Waals surface area contributed by atoms with E-state index in [9.17, 15) is 10.2 Å². The van der Waals surface area contributed by atoms with Crippen molar-refractivity contribution >= 4 is 46.4 Å². The van der Waals surface area contributed by atoms with E-state index in [1.54, 1.807) is 0 Å².